The van der Waals surface area contributed by atoms with Gasteiger partial charge >= 0.3 is 0 Å². The van der Waals surface area contributed by atoms with E-state index < -0.39 is 6.43 Å². The normalized spacial score (nSPS) is 11.5. The van der Waals surface area contributed by atoms with Crippen molar-refractivity contribution in [2.45, 2.75) is 45.8 Å². The molecule has 1 aromatic rings. The van der Waals surface area contributed by atoms with E-state index in [2.05, 4.69) is 5.32 Å². The van der Waals surface area contributed by atoms with Crippen LogP contribution in [0.2, 0.25) is 0 Å². The quantitative estimate of drug-likeness (QED) is 0.687. The van der Waals surface area contributed by atoms with Crippen molar-refractivity contribution >= 4 is 0 Å². The molecular formula is C15H23F2NO. The van der Waals surface area contributed by atoms with Gasteiger partial charge in [0.2, 0.25) is 0 Å². The van der Waals surface area contributed by atoms with Gasteiger partial charge in [0.1, 0.15) is 0 Å². The first kappa shape index (κ1) is 16.1. The average Bonchev–Trinajstić information content (AvgIpc) is 2.38. The van der Waals surface area contributed by atoms with E-state index in [4.69, 9.17) is 4.74 Å². The molecular weight excluding hydrogens is 248 g/mol. The van der Waals surface area contributed by atoms with E-state index in [1.807, 2.05) is 13.8 Å². The number of benzene rings is 1. The Morgan fingerprint density at radius 3 is 2.37 bits per heavy atom. The zero-order valence-electron chi connectivity index (χ0n) is 11.7. The van der Waals surface area contributed by atoms with E-state index in [0.717, 1.165) is 31.6 Å². The third kappa shape index (κ3) is 7.23. The smallest absolute Gasteiger partial charge is 0.263 e. The summed E-state index contributed by atoms with van der Waals surface area (Å²) in [7, 11) is 0. The van der Waals surface area contributed by atoms with Crippen LogP contribution in [0, 0.1) is 0 Å². The number of hydrogen-bond acceptors (Lipinski definition) is 2. The third-order valence-electron chi connectivity index (χ3n) is 2.76. The Kier molecular flexibility index (Phi) is 7.60. The molecule has 1 rings (SSSR count). The first-order chi connectivity index (χ1) is 9.09. The van der Waals surface area contributed by atoms with E-state index in [-0.39, 0.29) is 5.56 Å². The molecule has 0 aromatic heterocycles. The lowest BCUT2D eigenvalue weighted by atomic mass is 10.1. The second kappa shape index (κ2) is 8.99. The molecule has 108 valence electrons. The molecule has 0 aliphatic rings. The standard InChI is InChI=1S/C15H23F2NO/c1-12(2)19-10-4-3-9-18-11-13-5-7-14(8-6-13)15(16)17/h5-8,12,15,18H,3-4,9-11H2,1-2H3. The minimum atomic E-state index is -2.39. The van der Waals surface area contributed by atoms with Gasteiger partial charge in [-0.3, -0.25) is 0 Å². The van der Waals surface area contributed by atoms with Crippen molar-refractivity contribution in [2.24, 2.45) is 0 Å². The maximum absolute atomic E-state index is 12.4. The van der Waals surface area contributed by atoms with Crippen molar-refractivity contribution in [2.75, 3.05) is 13.2 Å². The fourth-order valence-corrected chi connectivity index (χ4v) is 1.68. The monoisotopic (exact) mass is 271 g/mol. The molecule has 0 aliphatic heterocycles. The van der Waals surface area contributed by atoms with Crippen LogP contribution in [0.25, 0.3) is 0 Å². The van der Waals surface area contributed by atoms with Gasteiger partial charge in [0, 0.05) is 18.7 Å². The van der Waals surface area contributed by atoms with Crippen molar-refractivity contribution < 1.29 is 13.5 Å². The van der Waals surface area contributed by atoms with E-state index in [1.54, 1.807) is 12.1 Å². The van der Waals surface area contributed by atoms with Crippen LogP contribution in [0.3, 0.4) is 0 Å². The number of hydrogen-bond donors (Lipinski definition) is 1. The zero-order valence-corrected chi connectivity index (χ0v) is 11.7. The Labute approximate surface area is 114 Å². The van der Waals surface area contributed by atoms with Crippen molar-refractivity contribution in [1.29, 1.82) is 0 Å². The Hall–Kier alpha value is -1.00. The van der Waals surface area contributed by atoms with Crippen molar-refractivity contribution in [1.82, 2.24) is 5.32 Å². The summed E-state index contributed by atoms with van der Waals surface area (Å²) in [5, 5.41) is 3.30. The fraction of sp³-hybridized carbons (Fsp3) is 0.600. The summed E-state index contributed by atoms with van der Waals surface area (Å²) in [6.45, 7) is 6.48. The summed E-state index contributed by atoms with van der Waals surface area (Å²) in [6.07, 6.45) is 0.00132. The van der Waals surface area contributed by atoms with Gasteiger partial charge in [0.15, 0.2) is 0 Å². The molecule has 0 fully saturated rings. The van der Waals surface area contributed by atoms with Crippen LogP contribution in [0.1, 0.15) is 44.2 Å². The lowest BCUT2D eigenvalue weighted by Gasteiger charge is -2.08. The molecule has 0 spiro atoms. The van der Waals surface area contributed by atoms with Crippen molar-refractivity contribution in [3.05, 3.63) is 35.4 Å². The Morgan fingerprint density at radius 2 is 1.79 bits per heavy atom. The largest absolute Gasteiger partial charge is 0.379 e. The Balaban J connectivity index is 2.09. The van der Waals surface area contributed by atoms with Crippen LogP contribution in [-0.4, -0.2) is 19.3 Å². The van der Waals surface area contributed by atoms with E-state index in [9.17, 15) is 8.78 Å². The number of nitrogens with one attached hydrogen (secondary N) is 1. The van der Waals surface area contributed by atoms with Gasteiger partial charge in [-0.2, -0.15) is 0 Å². The molecule has 0 aliphatic carbocycles. The van der Waals surface area contributed by atoms with Gasteiger partial charge in [0.05, 0.1) is 6.10 Å². The third-order valence-corrected chi connectivity index (χ3v) is 2.76. The second-order valence-electron chi connectivity index (χ2n) is 4.85. The zero-order chi connectivity index (χ0) is 14.1. The highest BCUT2D eigenvalue weighted by atomic mass is 19.3. The molecule has 0 bridgehead atoms. The van der Waals surface area contributed by atoms with Gasteiger partial charge in [-0.25, -0.2) is 8.78 Å². The fourth-order valence-electron chi connectivity index (χ4n) is 1.68. The molecule has 4 heteroatoms. The molecule has 0 radical (unpaired) electrons. The number of halogens is 2. The van der Waals surface area contributed by atoms with Crippen LogP contribution in [0.15, 0.2) is 24.3 Å². The molecule has 0 atom stereocenters. The predicted molar refractivity (Wildman–Crippen MR) is 73.4 cm³/mol. The van der Waals surface area contributed by atoms with Crippen molar-refractivity contribution in [3.8, 4) is 0 Å². The predicted octanol–water partition coefficient (Wildman–Crippen LogP) is 3.92. The minimum Gasteiger partial charge on any atom is -0.379 e. The first-order valence-electron chi connectivity index (χ1n) is 6.79. The summed E-state index contributed by atoms with van der Waals surface area (Å²) in [5.74, 6) is 0. The molecule has 0 saturated heterocycles. The van der Waals surface area contributed by atoms with Crippen LogP contribution in [0.4, 0.5) is 8.78 Å². The van der Waals surface area contributed by atoms with Crippen LogP contribution in [-0.2, 0) is 11.3 Å². The SMILES string of the molecule is CC(C)OCCCCNCc1ccc(C(F)F)cc1. The number of ether oxygens (including phenoxy) is 1. The molecule has 2 nitrogen and oxygen atoms in total. The lowest BCUT2D eigenvalue weighted by molar-refractivity contribution is 0.0760. The first-order valence-corrected chi connectivity index (χ1v) is 6.79. The highest BCUT2D eigenvalue weighted by Gasteiger charge is 2.05. The van der Waals surface area contributed by atoms with Crippen molar-refractivity contribution in [3.63, 3.8) is 0 Å². The van der Waals surface area contributed by atoms with Gasteiger partial charge in [0.25, 0.3) is 6.43 Å². The number of unbranched alkanes of at least 4 members (excludes halogenated alkanes) is 1. The minimum absolute atomic E-state index is 0.0783. The summed E-state index contributed by atoms with van der Waals surface area (Å²) >= 11 is 0. The van der Waals surface area contributed by atoms with E-state index in [0.29, 0.717) is 12.6 Å². The molecule has 0 heterocycles. The van der Waals surface area contributed by atoms with Gasteiger partial charge in [-0.15, -0.1) is 0 Å². The Bertz CT molecular complexity index is 339. The molecule has 0 saturated carbocycles. The number of alkyl halides is 2. The summed E-state index contributed by atoms with van der Waals surface area (Å²) in [5.41, 5.74) is 1.11. The maximum Gasteiger partial charge on any atom is 0.263 e. The molecule has 0 unspecified atom stereocenters. The highest BCUT2D eigenvalue weighted by Crippen LogP contribution is 2.18. The molecule has 19 heavy (non-hydrogen) atoms. The van der Waals surface area contributed by atoms with E-state index in [1.165, 1.54) is 12.1 Å². The lowest BCUT2D eigenvalue weighted by Crippen LogP contribution is -2.15. The summed E-state index contributed by atoms with van der Waals surface area (Å²) < 4.78 is 30.1. The van der Waals surface area contributed by atoms with Gasteiger partial charge < -0.3 is 10.1 Å². The van der Waals surface area contributed by atoms with Gasteiger partial charge in [-0.1, -0.05) is 24.3 Å². The van der Waals surface area contributed by atoms with Crippen LogP contribution >= 0.6 is 0 Å². The molecule has 1 N–H and O–H groups in total. The van der Waals surface area contributed by atoms with E-state index >= 15 is 0 Å². The Morgan fingerprint density at radius 1 is 1.11 bits per heavy atom. The molecule has 1 aromatic carbocycles. The average molecular weight is 271 g/mol. The number of rotatable bonds is 9. The summed E-state index contributed by atoms with van der Waals surface area (Å²) in [6, 6.07) is 6.46. The van der Waals surface area contributed by atoms with Crippen LogP contribution in [0.5, 0.6) is 0 Å². The highest BCUT2D eigenvalue weighted by molar-refractivity contribution is 5.23. The van der Waals surface area contributed by atoms with Crippen LogP contribution < -0.4 is 5.32 Å². The summed E-state index contributed by atoms with van der Waals surface area (Å²) in [4.78, 5) is 0. The second-order valence-corrected chi connectivity index (χ2v) is 4.85. The molecule has 0 amide bonds. The maximum atomic E-state index is 12.4. The topological polar surface area (TPSA) is 21.3 Å². The van der Waals surface area contributed by atoms with Gasteiger partial charge in [-0.05, 0) is 38.8 Å².